The van der Waals surface area contributed by atoms with Crippen molar-refractivity contribution in [3.05, 3.63) is 66.2 Å². The summed E-state index contributed by atoms with van der Waals surface area (Å²) in [4.78, 5) is 8.71. The van der Waals surface area contributed by atoms with Crippen LogP contribution in [0.5, 0.6) is 5.75 Å². The molecule has 0 spiro atoms. The molecule has 0 atom stereocenters. The van der Waals surface area contributed by atoms with E-state index in [1.54, 1.807) is 7.11 Å². The fourth-order valence-corrected chi connectivity index (χ4v) is 2.62. The minimum absolute atomic E-state index is 0.557. The molecule has 2 aromatic heterocycles. The molecule has 2 heterocycles. The van der Waals surface area contributed by atoms with Crippen LogP contribution in [0.4, 0.5) is 5.69 Å². The van der Waals surface area contributed by atoms with E-state index in [-0.39, 0.29) is 0 Å². The summed E-state index contributed by atoms with van der Waals surface area (Å²) < 4.78 is 7.16. The average Bonchev–Trinajstić information content (AvgIpc) is 2.98. The van der Waals surface area contributed by atoms with E-state index in [4.69, 9.17) is 4.74 Å². The van der Waals surface area contributed by atoms with Crippen LogP contribution in [0.2, 0.25) is 0 Å². The van der Waals surface area contributed by atoms with Gasteiger partial charge in [0.2, 0.25) is 0 Å². The molecule has 0 unspecified atom stereocenters. The maximum Gasteiger partial charge on any atom is 0.137 e. The maximum atomic E-state index is 5.15. The number of methoxy groups -OCH3 is 1. The Balaban J connectivity index is 1.70. The highest BCUT2D eigenvalue weighted by atomic mass is 16.5. The van der Waals surface area contributed by atoms with Crippen LogP contribution in [-0.4, -0.2) is 29.9 Å². The third-order valence-corrected chi connectivity index (χ3v) is 3.84. The number of aliphatic imine (C=N–C) groups is 1. The fourth-order valence-electron chi connectivity index (χ4n) is 2.62. The molecule has 0 bridgehead atoms. The van der Waals surface area contributed by atoms with Crippen molar-refractivity contribution in [2.24, 2.45) is 4.99 Å². The number of anilines is 1. The Hall–Kier alpha value is -3.28. The standard InChI is InChI=1S/C19H21N5O/c1-14-19(24-11-5-4-6-18(24)23-14)17(20-2)12-21-13-22-15-7-9-16(25-3)10-8-15/h4-12,21-22H,2,13H2,1,3H3/b17-12-. The van der Waals surface area contributed by atoms with Gasteiger partial charge in [0.25, 0.3) is 0 Å². The summed E-state index contributed by atoms with van der Waals surface area (Å²) in [5.74, 6) is 0.833. The highest BCUT2D eigenvalue weighted by Crippen LogP contribution is 2.21. The van der Waals surface area contributed by atoms with Crippen LogP contribution in [0, 0.1) is 6.92 Å². The van der Waals surface area contributed by atoms with Gasteiger partial charge >= 0.3 is 0 Å². The second-order valence-electron chi connectivity index (χ2n) is 5.45. The number of aromatic nitrogens is 2. The molecule has 128 valence electrons. The third kappa shape index (κ3) is 3.63. The Bertz CT molecular complexity index is 896. The van der Waals surface area contributed by atoms with Gasteiger partial charge in [-0.2, -0.15) is 0 Å². The predicted molar refractivity (Wildman–Crippen MR) is 102 cm³/mol. The van der Waals surface area contributed by atoms with Crippen LogP contribution in [0.1, 0.15) is 11.4 Å². The normalized spacial score (nSPS) is 11.4. The largest absolute Gasteiger partial charge is 0.497 e. The number of rotatable bonds is 7. The van der Waals surface area contributed by atoms with Crippen LogP contribution in [-0.2, 0) is 0 Å². The van der Waals surface area contributed by atoms with E-state index in [0.717, 1.165) is 34.2 Å². The van der Waals surface area contributed by atoms with Gasteiger partial charge in [0.05, 0.1) is 25.2 Å². The second-order valence-corrected chi connectivity index (χ2v) is 5.45. The van der Waals surface area contributed by atoms with Crippen molar-refractivity contribution >= 4 is 23.7 Å². The van der Waals surface area contributed by atoms with E-state index in [1.807, 2.05) is 66.2 Å². The first kappa shape index (κ1) is 16.6. The van der Waals surface area contributed by atoms with Crippen LogP contribution < -0.4 is 15.4 Å². The zero-order chi connectivity index (χ0) is 17.6. The summed E-state index contributed by atoms with van der Waals surface area (Å²) in [6, 6.07) is 13.7. The number of nitrogens with one attached hydrogen (secondary N) is 2. The molecule has 3 rings (SSSR count). The lowest BCUT2D eigenvalue weighted by atomic mass is 10.2. The summed E-state index contributed by atoms with van der Waals surface area (Å²) in [6.07, 6.45) is 3.81. The van der Waals surface area contributed by atoms with Gasteiger partial charge in [-0.05, 0) is 50.0 Å². The number of pyridine rings is 1. The van der Waals surface area contributed by atoms with Gasteiger partial charge in [-0.3, -0.25) is 9.39 Å². The molecule has 0 fully saturated rings. The topological polar surface area (TPSA) is 63.0 Å². The molecule has 6 heteroatoms. The van der Waals surface area contributed by atoms with Crippen molar-refractivity contribution in [3.8, 4) is 5.75 Å². The Labute approximate surface area is 146 Å². The minimum atomic E-state index is 0.557. The lowest BCUT2D eigenvalue weighted by molar-refractivity contribution is 0.415. The maximum absolute atomic E-state index is 5.15. The SMILES string of the molecule is C=N/C(=C\NCNc1ccc(OC)cc1)c1c(C)nc2ccccn12. The van der Waals surface area contributed by atoms with E-state index >= 15 is 0 Å². The quantitative estimate of drug-likeness (QED) is 0.395. The van der Waals surface area contributed by atoms with Gasteiger partial charge in [0, 0.05) is 18.1 Å². The van der Waals surface area contributed by atoms with Crippen molar-refractivity contribution < 1.29 is 4.74 Å². The molecular formula is C19H21N5O. The average molecular weight is 335 g/mol. The van der Waals surface area contributed by atoms with Gasteiger partial charge < -0.3 is 15.4 Å². The molecule has 2 N–H and O–H groups in total. The summed E-state index contributed by atoms with van der Waals surface area (Å²) in [7, 11) is 1.65. The highest BCUT2D eigenvalue weighted by Gasteiger charge is 2.11. The number of aryl methyl sites for hydroxylation is 1. The molecular weight excluding hydrogens is 314 g/mol. The molecule has 0 radical (unpaired) electrons. The molecule has 0 aliphatic carbocycles. The van der Waals surface area contributed by atoms with Crippen LogP contribution in [0.15, 0.2) is 59.9 Å². The Kier molecular flexibility index (Phi) is 4.99. The van der Waals surface area contributed by atoms with Gasteiger partial charge in [-0.25, -0.2) is 4.98 Å². The Morgan fingerprint density at radius 3 is 2.80 bits per heavy atom. The molecule has 1 aromatic carbocycles. The molecule has 3 aromatic rings. The smallest absolute Gasteiger partial charge is 0.137 e. The van der Waals surface area contributed by atoms with Gasteiger partial charge in [0.1, 0.15) is 17.1 Å². The number of fused-ring (bicyclic) bond motifs is 1. The van der Waals surface area contributed by atoms with Gasteiger partial charge in [-0.1, -0.05) is 6.07 Å². The first-order chi connectivity index (χ1) is 12.2. The van der Waals surface area contributed by atoms with Crippen molar-refractivity contribution in [1.82, 2.24) is 14.7 Å². The third-order valence-electron chi connectivity index (χ3n) is 3.84. The summed E-state index contributed by atoms with van der Waals surface area (Å²) in [6.45, 7) is 6.21. The van der Waals surface area contributed by atoms with Crippen LogP contribution in [0.3, 0.4) is 0 Å². The lowest BCUT2D eigenvalue weighted by Crippen LogP contribution is -2.16. The lowest BCUT2D eigenvalue weighted by Gasteiger charge is -2.09. The summed E-state index contributed by atoms with van der Waals surface area (Å²) in [5.41, 5.74) is 4.48. The van der Waals surface area contributed by atoms with Crippen molar-refractivity contribution in [3.63, 3.8) is 0 Å². The first-order valence-corrected chi connectivity index (χ1v) is 7.95. The molecule has 0 aliphatic rings. The Morgan fingerprint density at radius 1 is 1.28 bits per heavy atom. The number of hydrogen-bond acceptors (Lipinski definition) is 5. The van der Waals surface area contributed by atoms with Crippen LogP contribution >= 0.6 is 0 Å². The van der Waals surface area contributed by atoms with Gasteiger partial charge in [0.15, 0.2) is 0 Å². The molecule has 6 nitrogen and oxygen atoms in total. The number of imidazole rings is 1. The molecule has 0 aliphatic heterocycles. The molecule has 0 amide bonds. The van der Waals surface area contributed by atoms with E-state index in [2.05, 4.69) is 27.3 Å². The minimum Gasteiger partial charge on any atom is -0.497 e. The van der Waals surface area contributed by atoms with Gasteiger partial charge in [-0.15, -0.1) is 0 Å². The molecule has 0 saturated carbocycles. The van der Waals surface area contributed by atoms with Crippen molar-refractivity contribution in [2.45, 2.75) is 6.92 Å². The van der Waals surface area contributed by atoms with Crippen molar-refractivity contribution in [1.29, 1.82) is 0 Å². The fraction of sp³-hybridized carbons (Fsp3) is 0.158. The van der Waals surface area contributed by atoms with E-state index < -0.39 is 0 Å². The number of benzene rings is 1. The van der Waals surface area contributed by atoms with E-state index in [1.165, 1.54) is 0 Å². The summed E-state index contributed by atoms with van der Waals surface area (Å²) >= 11 is 0. The zero-order valence-corrected chi connectivity index (χ0v) is 14.4. The predicted octanol–water partition coefficient (Wildman–Crippen LogP) is 3.31. The Morgan fingerprint density at radius 2 is 2.08 bits per heavy atom. The number of ether oxygens (including phenoxy) is 1. The number of nitrogens with zero attached hydrogens (tertiary/aromatic N) is 3. The highest BCUT2D eigenvalue weighted by molar-refractivity contribution is 5.69. The van der Waals surface area contributed by atoms with E-state index in [0.29, 0.717) is 6.67 Å². The first-order valence-electron chi connectivity index (χ1n) is 7.95. The van der Waals surface area contributed by atoms with Crippen molar-refractivity contribution in [2.75, 3.05) is 19.1 Å². The summed E-state index contributed by atoms with van der Waals surface area (Å²) in [5, 5.41) is 6.49. The second kappa shape index (κ2) is 7.53. The van der Waals surface area contributed by atoms with E-state index in [9.17, 15) is 0 Å². The molecule has 25 heavy (non-hydrogen) atoms. The zero-order valence-electron chi connectivity index (χ0n) is 14.4. The monoisotopic (exact) mass is 335 g/mol. The number of hydrogen-bond donors (Lipinski definition) is 2. The van der Waals surface area contributed by atoms with Crippen LogP contribution in [0.25, 0.3) is 11.3 Å². The molecule has 0 saturated heterocycles.